The maximum atomic E-state index is 11.2. The number of nitrogens with one attached hydrogen (secondary N) is 1. The molecule has 0 saturated heterocycles. The molecule has 0 heterocycles. The van der Waals surface area contributed by atoms with Crippen molar-refractivity contribution in [1.29, 1.82) is 0 Å². The van der Waals surface area contributed by atoms with Crippen LogP contribution in [0.15, 0.2) is 0 Å². The molecular formula is C12H26N2O2. The number of hydrogen-bond acceptors (Lipinski definition) is 3. The number of carboxylic acid groups (broad SMARTS) is 1. The van der Waals surface area contributed by atoms with Crippen molar-refractivity contribution in [3.05, 3.63) is 0 Å². The second-order valence-electron chi connectivity index (χ2n) is 5.09. The first-order valence-electron chi connectivity index (χ1n) is 5.98. The molecular weight excluding hydrogens is 204 g/mol. The van der Waals surface area contributed by atoms with Gasteiger partial charge >= 0.3 is 5.97 Å². The fourth-order valence-corrected chi connectivity index (χ4v) is 1.69. The van der Waals surface area contributed by atoms with Crippen LogP contribution in [0.5, 0.6) is 0 Å². The molecule has 96 valence electrons. The van der Waals surface area contributed by atoms with Gasteiger partial charge in [0, 0.05) is 6.54 Å². The van der Waals surface area contributed by atoms with E-state index in [9.17, 15) is 9.90 Å². The van der Waals surface area contributed by atoms with E-state index in [0.717, 1.165) is 13.0 Å². The predicted octanol–water partition coefficient (Wildman–Crippen LogP) is 1.42. The SMILES string of the molecule is CCNC(C)(CN(C)CCC(C)C)C(=O)O. The van der Waals surface area contributed by atoms with Gasteiger partial charge in [-0.2, -0.15) is 0 Å². The highest BCUT2D eigenvalue weighted by molar-refractivity contribution is 5.78. The lowest BCUT2D eigenvalue weighted by atomic mass is 10.0. The summed E-state index contributed by atoms with van der Waals surface area (Å²) in [4.78, 5) is 13.3. The van der Waals surface area contributed by atoms with E-state index in [1.165, 1.54) is 0 Å². The van der Waals surface area contributed by atoms with Crippen LogP contribution in [0.25, 0.3) is 0 Å². The second kappa shape index (κ2) is 6.86. The van der Waals surface area contributed by atoms with Gasteiger partial charge in [0.05, 0.1) is 0 Å². The minimum atomic E-state index is -0.847. The molecule has 16 heavy (non-hydrogen) atoms. The number of hydrogen-bond donors (Lipinski definition) is 2. The summed E-state index contributed by atoms with van der Waals surface area (Å²) >= 11 is 0. The first-order valence-corrected chi connectivity index (χ1v) is 5.98. The molecule has 0 aliphatic heterocycles. The van der Waals surface area contributed by atoms with Crippen molar-refractivity contribution in [1.82, 2.24) is 10.2 Å². The Hall–Kier alpha value is -0.610. The van der Waals surface area contributed by atoms with Gasteiger partial charge in [-0.15, -0.1) is 0 Å². The zero-order valence-electron chi connectivity index (χ0n) is 11.2. The molecule has 0 amide bonds. The highest BCUT2D eigenvalue weighted by atomic mass is 16.4. The van der Waals surface area contributed by atoms with E-state index in [-0.39, 0.29) is 0 Å². The highest BCUT2D eigenvalue weighted by Gasteiger charge is 2.33. The molecule has 0 aliphatic carbocycles. The number of carbonyl (C=O) groups is 1. The van der Waals surface area contributed by atoms with Gasteiger partial charge in [0.25, 0.3) is 0 Å². The van der Waals surface area contributed by atoms with Crippen molar-refractivity contribution in [2.75, 3.05) is 26.7 Å². The number of aliphatic carboxylic acids is 1. The molecule has 0 aromatic carbocycles. The van der Waals surface area contributed by atoms with Crippen molar-refractivity contribution in [3.8, 4) is 0 Å². The third kappa shape index (κ3) is 5.47. The van der Waals surface area contributed by atoms with Crippen molar-refractivity contribution < 1.29 is 9.90 Å². The summed E-state index contributed by atoms with van der Waals surface area (Å²) in [6, 6.07) is 0. The first kappa shape index (κ1) is 15.4. The molecule has 1 unspecified atom stereocenters. The van der Waals surface area contributed by atoms with E-state index in [2.05, 4.69) is 24.1 Å². The van der Waals surface area contributed by atoms with Crippen LogP contribution in [0.1, 0.15) is 34.1 Å². The number of rotatable bonds is 8. The Morgan fingerprint density at radius 2 is 2.06 bits per heavy atom. The third-order valence-electron chi connectivity index (χ3n) is 2.71. The van der Waals surface area contributed by atoms with Gasteiger partial charge in [-0.1, -0.05) is 20.8 Å². The standard InChI is InChI=1S/C12H26N2O2/c1-6-13-12(4,11(15)16)9-14(5)8-7-10(2)3/h10,13H,6-9H2,1-5H3,(H,15,16). The molecule has 0 radical (unpaired) electrons. The lowest BCUT2D eigenvalue weighted by molar-refractivity contribution is -0.144. The molecule has 4 nitrogen and oxygen atoms in total. The monoisotopic (exact) mass is 230 g/mol. The normalized spacial score (nSPS) is 15.4. The predicted molar refractivity (Wildman–Crippen MR) is 66.7 cm³/mol. The summed E-state index contributed by atoms with van der Waals surface area (Å²) in [7, 11) is 1.97. The van der Waals surface area contributed by atoms with Gasteiger partial charge in [0.1, 0.15) is 5.54 Å². The van der Waals surface area contributed by atoms with Crippen LogP contribution in [0.3, 0.4) is 0 Å². The summed E-state index contributed by atoms with van der Waals surface area (Å²) < 4.78 is 0. The quantitative estimate of drug-likeness (QED) is 0.662. The largest absolute Gasteiger partial charge is 0.480 e. The van der Waals surface area contributed by atoms with E-state index in [1.54, 1.807) is 6.92 Å². The maximum absolute atomic E-state index is 11.2. The number of likely N-dealkylation sites (N-methyl/N-ethyl adjacent to an activating group) is 2. The zero-order valence-corrected chi connectivity index (χ0v) is 11.2. The molecule has 2 N–H and O–H groups in total. The number of nitrogens with zero attached hydrogens (tertiary/aromatic N) is 1. The van der Waals surface area contributed by atoms with Crippen LogP contribution in [0.2, 0.25) is 0 Å². The maximum Gasteiger partial charge on any atom is 0.324 e. The van der Waals surface area contributed by atoms with Gasteiger partial charge in [0.2, 0.25) is 0 Å². The Morgan fingerprint density at radius 1 is 1.50 bits per heavy atom. The minimum Gasteiger partial charge on any atom is -0.480 e. The molecule has 0 aromatic rings. The van der Waals surface area contributed by atoms with Gasteiger partial charge in [-0.25, -0.2) is 0 Å². The van der Waals surface area contributed by atoms with Crippen LogP contribution in [0, 0.1) is 5.92 Å². The Bertz CT molecular complexity index is 219. The third-order valence-corrected chi connectivity index (χ3v) is 2.71. The van der Waals surface area contributed by atoms with E-state index < -0.39 is 11.5 Å². The van der Waals surface area contributed by atoms with Crippen LogP contribution < -0.4 is 5.32 Å². The fourth-order valence-electron chi connectivity index (χ4n) is 1.69. The van der Waals surface area contributed by atoms with Gasteiger partial charge in [-0.05, 0) is 39.4 Å². The van der Waals surface area contributed by atoms with Crippen molar-refractivity contribution in [3.63, 3.8) is 0 Å². The van der Waals surface area contributed by atoms with Crippen LogP contribution in [0.4, 0.5) is 0 Å². The molecule has 0 spiro atoms. The molecule has 0 aliphatic rings. The minimum absolute atomic E-state index is 0.531. The number of carboxylic acids is 1. The summed E-state index contributed by atoms with van der Waals surface area (Å²) in [5.41, 5.74) is -0.847. The Morgan fingerprint density at radius 3 is 2.44 bits per heavy atom. The summed E-state index contributed by atoms with van der Waals surface area (Å²) in [5, 5.41) is 12.2. The van der Waals surface area contributed by atoms with E-state index in [4.69, 9.17) is 0 Å². The van der Waals surface area contributed by atoms with Crippen molar-refractivity contribution in [2.24, 2.45) is 5.92 Å². The second-order valence-corrected chi connectivity index (χ2v) is 5.09. The average Bonchev–Trinajstić information content (AvgIpc) is 2.14. The average molecular weight is 230 g/mol. The van der Waals surface area contributed by atoms with Crippen LogP contribution >= 0.6 is 0 Å². The molecule has 4 heteroatoms. The summed E-state index contributed by atoms with van der Waals surface area (Å²) in [6.45, 7) is 10.2. The van der Waals surface area contributed by atoms with Gasteiger partial charge in [-0.3, -0.25) is 4.79 Å². The van der Waals surface area contributed by atoms with E-state index >= 15 is 0 Å². The molecule has 0 fully saturated rings. The lowest BCUT2D eigenvalue weighted by Crippen LogP contribution is -2.56. The summed E-state index contributed by atoms with van der Waals surface area (Å²) in [6.07, 6.45) is 1.10. The topological polar surface area (TPSA) is 52.6 Å². The van der Waals surface area contributed by atoms with Crippen molar-refractivity contribution in [2.45, 2.75) is 39.7 Å². The van der Waals surface area contributed by atoms with Crippen molar-refractivity contribution >= 4 is 5.97 Å². The summed E-state index contributed by atoms with van der Waals surface area (Å²) in [5.74, 6) is -0.136. The Balaban J connectivity index is 4.23. The molecule has 0 bridgehead atoms. The van der Waals surface area contributed by atoms with Crippen LogP contribution in [-0.2, 0) is 4.79 Å². The van der Waals surface area contributed by atoms with Gasteiger partial charge < -0.3 is 15.3 Å². The molecule has 0 aromatic heterocycles. The van der Waals surface area contributed by atoms with Crippen LogP contribution in [-0.4, -0.2) is 48.2 Å². The zero-order chi connectivity index (χ0) is 12.8. The van der Waals surface area contributed by atoms with Gasteiger partial charge in [0.15, 0.2) is 0 Å². The van der Waals surface area contributed by atoms with E-state index in [0.29, 0.717) is 19.0 Å². The first-order chi connectivity index (χ1) is 7.31. The smallest absolute Gasteiger partial charge is 0.324 e. The van der Waals surface area contributed by atoms with E-state index in [1.807, 2.05) is 14.0 Å². The molecule has 0 rings (SSSR count). The molecule has 0 saturated carbocycles. The lowest BCUT2D eigenvalue weighted by Gasteiger charge is -2.31. The molecule has 1 atom stereocenters. The Kier molecular flexibility index (Phi) is 6.60. The fraction of sp³-hybridized carbons (Fsp3) is 0.917. The highest BCUT2D eigenvalue weighted by Crippen LogP contribution is 2.08. The Labute approximate surface area is 99.0 Å².